The maximum absolute atomic E-state index is 13.1. The van der Waals surface area contributed by atoms with Crippen LogP contribution in [-0.4, -0.2) is 39.9 Å². The van der Waals surface area contributed by atoms with E-state index in [1.54, 1.807) is 22.7 Å². The number of carbonyl (C=O) groups is 2. The molecule has 22 heavy (non-hydrogen) atoms. The molecule has 0 aromatic heterocycles. The third kappa shape index (κ3) is 2.84. The molecule has 2 amide bonds. The van der Waals surface area contributed by atoms with Gasteiger partial charge in [-0.05, 0) is 37.5 Å². The summed E-state index contributed by atoms with van der Waals surface area (Å²) in [6, 6.07) is 5.99. The number of halogens is 1. The van der Waals surface area contributed by atoms with E-state index in [1.807, 2.05) is 13.0 Å². The van der Waals surface area contributed by atoms with Gasteiger partial charge in [0.2, 0.25) is 11.8 Å². The summed E-state index contributed by atoms with van der Waals surface area (Å²) >= 11 is 1.68. The zero-order valence-electron chi connectivity index (χ0n) is 12.5. The van der Waals surface area contributed by atoms with Crippen molar-refractivity contribution in [2.24, 2.45) is 0 Å². The minimum Gasteiger partial charge on any atom is -0.354 e. The Bertz CT molecular complexity index is 610. The number of carbonyl (C=O) groups excluding carboxylic acids is 2. The van der Waals surface area contributed by atoms with E-state index in [-0.39, 0.29) is 28.5 Å². The smallest absolute Gasteiger partial charge is 0.243 e. The van der Waals surface area contributed by atoms with Crippen LogP contribution in [0.25, 0.3) is 0 Å². The lowest BCUT2D eigenvalue weighted by Crippen LogP contribution is -2.50. The van der Waals surface area contributed by atoms with Crippen LogP contribution in [0, 0.1) is 5.82 Å². The van der Waals surface area contributed by atoms with Gasteiger partial charge in [0.1, 0.15) is 11.9 Å². The molecule has 1 aromatic carbocycles. The number of hydrogen-bond acceptors (Lipinski definition) is 3. The van der Waals surface area contributed by atoms with Crippen LogP contribution in [0.2, 0.25) is 0 Å². The first-order valence-corrected chi connectivity index (χ1v) is 8.46. The van der Waals surface area contributed by atoms with E-state index in [0.717, 1.165) is 12.0 Å². The molecule has 2 fully saturated rings. The normalized spacial score (nSPS) is 27.1. The van der Waals surface area contributed by atoms with Crippen LogP contribution in [0.3, 0.4) is 0 Å². The molecule has 4 nitrogen and oxygen atoms in total. The summed E-state index contributed by atoms with van der Waals surface area (Å²) < 4.78 is 13.1. The van der Waals surface area contributed by atoms with Crippen LogP contribution >= 0.6 is 11.8 Å². The monoisotopic (exact) mass is 322 g/mol. The van der Waals surface area contributed by atoms with Crippen LogP contribution in [0.4, 0.5) is 4.39 Å². The second kappa shape index (κ2) is 5.91. The van der Waals surface area contributed by atoms with Crippen molar-refractivity contribution < 1.29 is 14.0 Å². The SMILES string of the molecule is CC12CCC(=O)N1C(C(=O)NCCc1cccc(F)c1)CS2. The molecule has 0 spiro atoms. The Morgan fingerprint density at radius 3 is 3.14 bits per heavy atom. The summed E-state index contributed by atoms with van der Waals surface area (Å²) in [7, 11) is 0. The molecule has 2 aliphatic rings. The first-order valence-electron chi connectivity index (χ1n) is 7.48. The highest BCUT2D eigenvalue weighted by Gasteiger charge is 2.52. The van der Waals surface area contributed by atoms with Crippen molar-refractivity contribution in [2.45, 2.75) is 37.1 Å². The van der Waals surface area contributed by atoms with Crippen LogP contribution in [-0.2, 0) is 16.0 Å². The minimum atomic E-state index is -0.377. The predicted molar refractivity (Wildman–Crippen MR) is 83.8 cm³/mol. The average molecular weight is 322 g/mol. The van der Waals surface area contributed by atoms with Gasteiger partial charge in [-0.1, -0.05) is 12.1 Å². The molecular formula is C16H19FN2O2S. The standard InChI is InChI=1S/C16H19FN2O2S/c1-16-7-5-14(20)19(16)13(10-22-16)15(21)18-8-6-11-3-2-4-12(17)9-11/h2-4,9,13H,5-8,10H2,1H3,(H,18,21). The quantitative estimate of drug-likeness (QED) is 0.922. The Morgan fingerprint density at radius 2 is 2.36 bits per heavy atom. The Morgan fingerprint density at radius 1 is 1.55 bits per heavy atom. The number of fused-ring (bicyclic) bond motifs is 1. The molecule has 2 aliphatic heterocycles. The van der Waals surface area contributed by atoms with Gasteiger partial charge in [0.15, 0.2) is 0 Å². The number of nitrogens with one attached hydrogen (secondary N) is 1. The van der Waals surface area contributed by atoms with Crippen molar-refractivity contribution in [3.8, 4) is 0 Å². The lowest BCUT2D eigenvalue weighted by molar-refractivity contribution is -0.137. The fourth-order valence-electron chi connectivity index (χ4n) is 3.15. The second-order valence-electron chi connectivity index (χ2n) is 5.94. The highest BCUT2D eigenvalue weighted by Crippen LogP contribution is 2.47. The van der Waals surface area contributed by atoms with Crippen molar-refractivity contribution >= 4 is 23.6 Å². The van der Waals surface area contributed by atoms with E-state index in [9.17, 15) is 14.0 Å². The van der Waals surface area contributed by atoms with Crippen molar-refractivity contribution in [1.82, 2.24) is 10.2 Å². The van der Waals surface area contributed by atoms with E-state index in [1.165, 1.54) is 12.1 Å². The van der Waals surface area contributed by atoms with Crippen LogP contribution in [0.5, 0.6) is 0 Å². The van der Waals surface area contributed by atoms with Gasteiger partial charge in [-0.15, -0.1) is 11.8 Å². The summed E-state index contributed by atoms with van der Waals surface area (Å²) in [5, 5.41) is 2.87. The number of amides is 2. The van der Waals surface area contributed by atoms with Gasteiger partial charge in [-0.2, -0.15) is 0 Å². The van der Waals surface area contributed by atoms with Gasteiger partial charge < -0.3 is 10.2 Å². The molecule has 1 N–H and O–H groups in total. The topological polar surface area (TPSA) is 49.4 Å². The number of benzene rings is 1. The molecule has 0 saturated carbocycles. The maximum atomic E-state index is 13.1. The van der Waals surface area contributed by atoms with Crippen molar-refractivity contribution in [1.29, 1.82) is 0 Å². The fraction of sp³-hybridized carbons (Fsp3) is 0.500. The predicted octanol–water partition coefficient (Wildman–Crippen LogP) is 1.94. The molecule has 0 bridgehead atoms. The first kappa shape index (κ1) is 15.3. The first-order chi connectivity index (χ1) is 10.5. The molecule has 2 atom stereocenters. The van der Waals surface area contributed by atoms with Gasteiger partial charge >= 0.3 is 0 Å². The van der Waals surface area contributed by atoms with Crippen molar-refractivity contribution in [2.75, 3.05) is 12.3 Å². The number of hydrogen-bond donors (Lipinski definition) is 1. The summed E-state index contributed by atoms with van der Waals surface area (Å²) in [6.07, 6.45) is 1.91. The highest BCUT2D eigenvalue weighted by molar-refractivity contribution is 8.01. The third-order valence-corrected chi connectivity index (χ3v) is 5.85. The van der Waals surface area contributed by atoms with Gasteiger partial charge in [0, 0.05) is 18.7 Å². The summed E-state index contributed by atoms with van der Waals surface area (Å²) in [6.45, 7) is 2.48. The Balaban J connectivity index is 1.55. The molecule has 3 rings (SSSR count). The van der Waals surface area contributed by atoms with E-state index in [2.05, 4.69) is 5.32 Å². The molecule has 2 unspecified atom stereocenters. The largest absolute Gasteiger partial charge is 0.354 e. The molecule has 2 heterocycles. The summed E-state index contributed by atoms with van der Waals surface area (Å²) in [5.41, 5.74) is 0.850. The lowest BCUT2D eigenvalue weighted by atomic mass is 10.1. The van der Waals surface area contributed by atoms with Gasteiger partial charge in [-0.3, -0.25) is 9.59 Å². The Labute approximate surface area is 133 Å². The van der Waals surface area contributed by atoms with E-state index in [4.69, 9.17) is 0 Å². The highest BCUT2D eigenvalue weighted by atomic mass is 32.2. The minimum absolute atomic E-state index is 0.0674. The van der Waals surface area contributed by atoms with E-state index < -0.39 is 0 Å². The van der Waals surface area contributed by atoms with Gasteiger partial charge in [0.05, 0.1) is 4.87 Å². The summed E-state index contributed by atoms with van der Waals surface area (Å²) in [4.78, 5) is 25.9. The van der Waals surface area contributed by atoms with E-state index in [0.29, 0.717) is 25.1 Å². The lowest BCUT2D eigenvalue weighted by Gasteiger charge is -2.29. The number of nitrogens with zero attached hydrogens (tertiary/aromatic N) is 1. The number of rotatable bonds is 4. The van der Waals surface area contributed by atoms with Crippen LogP contribution in [0.1, 0.15) is 25.3 Å². The third-order valence-electron chi connectivity index (χ3n) is 4.35. The fourth-order valence-corrected chi connectivity index (χ4v) is 4.59. The van der Waals surface area contributed by atoms with Crippen molar-refractivity contribution in [3.63, 3.8) is 0 Å². The number of thioether (sulfide) groups is 1. The zero-order valence-corrected chi connectivity index (χ0v) is 13.3. The van der Waals surface area contributed by atoms with Crippen molar-refractivity contribution in [3.05, 3.63) is 35.6 Å². The second-order valence-corrected chi connectivity index (χ2v) is 7.44. The van der Waals surface area contributed by atoms with Crippen LogP contribution < -0.4 is 5.32 Å². The average Bonchev–Trinajstić information content (AvgIpc) is 2.96. The molecule has 118 valence electrons. The Kier molecular flexibility index (Phi) is 4.12. The van der Waals surface area contributed by atoms with Gasteiger partial charge in [0.25, 0.3) is 0 Å². The van der Waals surface area contributed by atoms with Gasteiger partial charge in [-0.25, -0.2) is 4.39 Å². The molecule has 0 aliphatic carbocycles. The molecule has 0 radical (unpaired) electrons. The Hall–Kier alpha value is -1.56. The summed E-state index contributed by atoms with van der Waals surface area (Å²) in [5.74, 6) is 0.337. The molecule has 1 aromatic rings. The maximum Gasteiger partial charge on any atom is 0.243 e. The van der Waals surface area contributed by atoms with Crippen LogP contribution in [0.15, 0.2) is 24.3 Å². The zero-order chi connectivity index (χ0) is 15.7. The van der Waals surface area contributed by atoms with E-state index >= 15 is 0 Å². The molecule has 6 heteroatoms. The molecule has 2 saturated heterocycles. The molecular weight excluding hydrogens is 303 g/mol.